The fourth-order valence-corrected chi connectivity index (χ4v) is 5.60. The van der Waals surface area contributed by atoms with Crippen molar-refractivity contribution in [2.24, 2.45) is 5.92 Å². The number of aryl methyl sites for hydroxylation is 1. The second-order valence-electron chi connectivity index (χ2n) is 11.3. The van der Waals surface area contributed by atoms with Gasteiger partial charge in [0.1, 0.15) is 11.3 Å². The lowest BCUT2D eigenvalue weighted by Crippen LogP contribution is -2.18. The highest BCUT2D eigenvalue weighted by Gasteiger charge is 2.31. The zero-order chi connectivity index (χ0) is 31.8. The third-order valence-electron chi connectivity index (χ3n) is 7.48. The number of allylic oxidation sites excluding steroid dienone is 1. The van der Waals surface area contributed by atoms with Crippen LogP contribution < -0.4 is 10.6 Å². The SMILES string of the molecule is C=C(Nc1ccc(C)cc1F)c1cc(NC(=C)C(c2ccc(C(C)(F)F)c(-n3nnc4ccccc43)c2)C(C)C)ccc1Cl. The molecule has 0 aliphatic carbocycles. The van der Waals surface area contributed by atoms with E-state index in [1.165, 1.54) is 16.8 Å². The van der Waals surface area contributed by atoms with Crippen molar-refractivity contribution < 1.29 is 13.2 Å². The molecule has 5 nitrogen and oxygen atoms in total. The highest BCUT2D eigenvalue weighted by atomic mass is 35.5. The number of rotatable bonds is 10. The molecule has 226 valence electrons. The van der Waals surface area contributed by atoms with Gasteiger partial charge in [0.2, 0.25) is 0 Å². The van der Waals surface area contributed by atoms with E-state index in [9.17, 15) is 13.2 Å². The van der Waals surface area contributed by atoms with Crippen LogP contribution in [0.5, 0.6) is 0 Å². The zero-order valence-electron chi connectivity index (χ0n) is 24.9. The third kappa shape index (κ3) is 6.36. The number of para-hydroxylation sites is 1. The highest BCUT2D eigenvalue weighted by Crippen LogP contribution is 2.39. The molecule has 1 unspecified atom stereocenters. The first kappa shape index (κ1) is 30.9. The number of halogens is 4. The van der Waals surface area contributed by atoms with Crippen LogP contribution in [0.15, 0.2) is 97.7 Å². The molecule has 44 heavy (non-hydrogen) atoms. The number of hydrogen-bond acceptors (Lipinski definition) is 4. The van der Waals surface area contributed by atoms with E-state index in [2.05, 4.69) is 34.1 Å². The summed E-state index contributed by atoms with van der Waals surface area (Å²) in [5, 5.41) is 15.2. The smallest absolute Gasteiger partial charge is 0.272 e. The van der Waals surface area contributed by atoms with Crippen LogP contribution in [0.25, 0.3) is 22.4 Å². The van der Waals surface area contributed by atoms with Crippen LogP contribution >= 0.6 is 11.6 Å². The minimum absolute atomic E-state index is 0.0521. The van der Waals surface area contributed by atoms with Gasteiger partial charge in [-0.2, -0.15) is 0 Å². The maximum absolute atomic E-state index is 14.8. The van der Waals surface area contributed by atoms with Crippen molar-refractivity contribution in [1.29, 1.82) is 0 Å². The molecule has 0 spiro atoms. The van der Waals surface area contributed by atoms with Gasteiger partial charge in [-0.25, -0.2) is 17.9 Å². The quantitative estimate of drug-likeness (QED) is 0.164. The van der Waals surface area contributed by atoms with E-state index in [0.29, 0.717) is 38.7 Å². The Bertz CT molecular complexity index is 1870. The molecule has 0 aliphatic rings. The van der Waals surface area contributed by atoms with Crippen molar-refractivity contribution in [3.63, 3.8) is 0 Å². The number of hydrogen-bond donors (Lipinski definition) is 2. The van der Waals surface area contributed by atoms with Gasteiger partial charge in [-0.1, -0.05) is 74.2 Å². The van der Waals surface area contributed by atoms with E-state index in [-0.39, 0.29) is 28.8 Å². The average Bonchev–Trinajstić information content (AvgIpc) is 3.39. The lowest BCUT2D eigenvalue weighted by atomic mass is 9.84. The number of anilines is 2. The van der Waals surface area contributed by atoms with Gasteiger partial charge in [-0.05, 0) is 72.5 Å². The number of alkyl halides is 2. The third-order valence-corrected chi connectivity index (χ3v) is 7.81. The van der Waals surface area contributed by atoms with Crippen LogP contribution in [-0.4, -0.2) is 15.0 Å². The van der Waals surface area contributed by atoms with Crippen LogP contribution in [0.3, 0.4) is 0 Å². The molecule has 0 saturated carbocycles. The summed E-state index contributed by atoms with van der Waals surface area (Å²) in [5.74, 6) is -3.71. The molecule has 4 aromatic carbocycles. The Hall–Kier alpha value is -4.56. The maximum atomic E-state index is 14.8. The lowest BCUT2D eigenvalue weighted by Gasteiger charge is -2.27. The fraction of sp³-hybridized carbons (Fsp3) is 0.200. The molecule has 9 heteroatoms. The second-order valence-corrected chi connectivity index (χ2v) is 11.7. The minimum Gasteiger partial charge on any atom is -0.359 e. The standard InChI is InChI=1S/C35H33ClF3N5/c1-20(2)34(24-12-14-27(35(6,38)39)33(18-24)44-32-10-8-7-9-31(32)42-43-44)23(5)40-25-13-15-28(36)26(19-25)22(4)41-30-16-11-21(3)17-29(30)37/h7-20,34,40-41H,4-5H2,1-3,6H3. The highest BCUT2D eigenvalue weighted by molar-refractivity contribution is 6.32. The predicted octanol–water partition coefficient (Wildman–Crippen LogP) is 10.1. The van der Waals surface area contributed by atoms with Crippen molar-refractivity contribution in [3.8, 4) is 5.69 Å². The summed E-state index contributed by atoms with van der Waals surface area (Å²) in [4.78, 5) is 0. The Morgan fingerprint density at radius 2 is 1.70 bits per heavy atom. The largest absolute Gasteiger partial charge is 0.359 e. The van der Waals surface area contributed by atoms with E-state index in [1.54, 1.807) is 48.5 Å². The van der Waals surface area contributed by atoms with Gasteiger partial charge >= 0.3 is 0 Å². The van der Waals surface area contributed by atoms with E-state index in [0.717, 1.165) is 18.1 Å². The van der Waals surface area contributed by atoms with Crippen molar-refractivity contribution in [1.82, 2.24) is 15.0 Å². The second kappa shape index (κ2) is 12.2. The molecule has 5 aromatic rings. The Morgan fingerprint density at radius 1 is 0.955 bits per heavy atom. The van der Waals surface area contributed by atoms with Gasteiger partial charge in [-0.15, -0.1) is 5.10 Å². The summed E-state index contributed by atoms with van der Waals surface area (Å²) in [6, 6.07) is 22.4. The monoisotopic (exact) mass is 615 g/mol. The number of aromatic nitrogens is 3. The van der Waals surface area contributed by atoms with Gasteiger partial charge < -0.3 is 10.6 Å². The molecule has 5 rings (SSSR count). The van der Waals surface area contributed by atoms with Crippen molar-refractivity contribution in [2.75, 3.05) is 10.6 Å². The van der Waals surface area contributed by atoms with E-state index in [4.69, 9.17) is 11.6 Å². The van der Waals surface area contributed by atoms with Gasteiger partial charge in [0, 0.05) is 41.1 Å². The molecule has 1 heterocycles. The predicted molar refractivity (Wildman–Crippen MR) is 174 cm³/mol. The number of fused-ring (bicyclic) bond motifs is 1. The molecule has 1 aromatic heterocycles. The number of benzene rings is 4. The van der Waals surface area contributed by atoms with Gasteiger partial charge in [0.15, 0.2) is 0 Å². The molecule has 1 atom stereocenters. The molecule has 0 amide bonds. The zero-order valence-corrected chi connectivity index (χ0v) is 25.7. The summed E-state index contributed by atoms with van der Waals surface area (Å²) >= 11 is 6.51. The Labute approximate surface area is 260 Å². The van der Waals surface area contributed by atoms with Crippen LogP contribution in [-0.2, 0) is 5.92 Å². The Morgan fingerprint density at radius 3 is 2.41 bits per heavy atom. The van der Waals surface area contributed by atoms with Crippen LogP contribution in [0.1, 0.15) is 48.9 Å². The summed E-state index contributed by atoms with van der Waals surface area (Å²) in [7, 11) is 0. The molecule has 0 aliphatic heterocycles. The summed E-state index contributed by atoms with van der Waals surface area (Å²) < 4.78 is 45.6. The minimum atomic E-state index is -3.11. The summed E-state index contributed by atoms with van der Waals surface area (Å²) in [6.07, 6.45) is 0. The van der Waals surface area contributed by atoms with Crippen LogP contribution in [0, 0.1) is 18.7 Å². The van der Waals surface area contributed by atoms with E-state index >= 15 is 0 Å². The summed E-state index contributed by atoms with van der Waals surface area (Å²) in [6.45, 7) is 15.2. The lowest BCUT2D eigenvalue weighted by molar-refractivity contribution is 0.0174. The molecule has 0 saturated heterocycles. The molecular formula is C35H33ClF3N5. The molecular weight excluding hydrogens is 583 g/mol. The first-order chi connectivity index (χ1) is 20.8. The van der Waals surface area contributed by atoms with Crippen molar-refractivity contribution in [3.05, 3.63) is 131 Å². The van der Waals surface area contributed by atoms with Gasteiger partial charge in [0.05, 0.1) is 21.9 Å². The molecule has 0 fully saturated rings. The van der Waals surface area contributed by atoms with Crippen LogP contribution in [0.4, 0.5) is 24.5 Å². The normalized spacial score (nSPS) is 12.4. The molecule has 0 bridgehead atoms. The number of nitrogens with one attached hydrogen (secondary N) is 2. The average molecular weight is 616 g/mol. The van der Waals surface area contributed by atoms with Gasteiger partial charge in [0.25, 0.3) is 5.92 Å². The number of nitrogens with zero attached hydrogens (tertiary/aromatic N) is 3. The first-order valence-corrected chi connectivity index (χ1v) is 14.5. The van der Waals surface area contributed by atoms with E-state index in [1.807, 2.05) is 39.0 Å². The summed E-state index contributed by atoms with van der Waals surface area (Å²) in [5.41, 5.74) is 5.56. The molecule has 2 N–H and O–H groups in total. The Kier molecular flexibility index (Phi) is 8.57. The first-order valence-electron chi connectivity index (χ1n) is 14.1. The van der Waals surface area contributed by atoms with Crippen LogP contribution in [0.2, 0.25) is 5.02 Å². The van der Waals surface area contributed by atoms with Crippen molar-refractivity contribution in [2.45, 2.75) is 39.5 Å². The van der Waals surface area contributed by atoms with Crippen molar-refractivity contribution >= 4 is 39.7 Å². The van der Waals surface area contributed by atoms with E-state index < -0.39 is 11.7 Å². The Balaban J connectivity index is 1.46. The van der Waals surface area contributed by atoms with Gasteiger partial charge in [-0.3, -0.25) is 0 Å². The topological polar surface area (TPSA) is 54.8 Å². The maximum Gasteiger partial charge on any atom is 0.272 e. The fourth-order valence-electron chi connectivity index (χ4n) is 5.37. The molecule has 0 radical (unpaired) electrons.